The quantitative estimate of drug-likeness (QED) is 0.682. The minimum absolute atomic E-state index is 0.759. The largest absolute Gasteiger partial charge is 0.298 e. The molecule has 84 valence electrons. The van der Waals surface area contributed by atoms with Crippen LogP contribution >= 0.6 is 0 Å². The number of benzene rings is 1. The first kappa shape index (κ1) is 10.1. The lowest BCUT2D eigenvalue weighted by atomic mass is 9.78. The SMILES string of the molecule is C=CCN1CC2CCC(C1)c1ccccc12. The highest BCUT2D eigenvalue weighted by molar-refractivity contribution is 5.37. The average Bonchev–Trinajstić information content (AvgIpc) is 2.60. The molecule has 1 aromatic rings. The molecule has 1 nitrogen and oxygen atoms in total. The van der Waals surface area contributed by atoms with E-state index in [2.05, 4.69) is 35.7 Å². The third kappa shape index (κ3) is 1.60. The summed E-state index contributed by atoms with van der Waals surface area (Å²) in [4.78, 5) is 2.56. The van der Waals surface area contributed by atoms with E-state index in [1.54, 1.807) is 11.1 Å². The molecular weight excluding hydrogens is 194 g/mol. The average molecular weight is 213 g/mol. The summed E-state index contributed by atoms with van der Waals surface area (Å²) in [5.74, 6) is 1.52. The summed E-state index contributed by atoms with van der Waals surface area (Å²) >= 11 is 0. The fourth-order valence-electron chi connectivity index (χ4n) is 3.38. The molecule has 0 radical (unpaired) electrons. The van der Waals surface area contributed by atoms with Crippen molar-refractivity contribution in [1.29, 1.82) is 0 Å². The van der Waals surface area contributed by atoms with E-state index in [4.69, 9.17) is 0 Å². The van der Waals surface area contributed by atoms with Crippen LogP contribution in [0.4, 0.5) is 0 Å². The van der Waals surface area contributed by atoms with Crippen molar-refractivity contribution < 1.29 is 0 Å². The van der Waals surface area contributed by atoms with Crippen LogP contribution in [0, 0.1) is 0 Å². The monoisotopic (exact) mass is 213 g/mol. The summed E-state index contributed by atoms with van der Waals surface area (Å²) in [5, 5.41) is 0. The molecule has 0 N–H and O–H groups in total. The topological polar surface area (TPSA) is 3.24 Å². The maximum Gasteiger partial charge on any atom is 0.0161 e. The van der Waals surface area contributed by atoms with Gasteiger partial charge in [0, 0.05) is 19.6 Å². The molecule has 0 saturated carbocycles. The highest BCUT2D eigenvalue weighted by Gasteiger charge is 2.32. The van der Waals surface area contributed by atoms with E-state index in [1.807, 2.05) is 6.08 Å². The third-order valence-electron chi connectivity index (χ3n) is 4.08. The molecular formula is C15H19N. The van der Waals surface area contributed by atoms with Crippen LogP contribution in [0.15, 0.2) is 36.9 Å². The zero-order valence-electron chi connectivity index (χ0n) is 9.73. The van der Waals surface area contributed by atoms with Crippen molar-refractivity contribution in [3.8, 4) is 0 Å². The van der Waals surface area contributed by atoms with Gasteiger partial charge in [0.1, 0.15) is 0 Å². The van der Waals surface area contributed by atoms with Gasteiger partial charge in [0.25, 0.3) is 0 Å². The molecule has 2 heterocycles. The maximum atomic E-state index is 3.86. The minimum atomic E-state index is 0.759. The second kappa shape index (κ2) is 4.06. The molecule has 3 aliphatic rings. The molecule has 1 aliphatic carbocycles. The van der Waals surface area contributed by atoms with Crippen LogP contribution in [0.5, 0.6) is 0 Å². The van der Waals surface area contributed by atoms with Gasteiger partial charge in [-0.1, -0.05) is 30.3 Å². The van der Waals surface area contributed by atoms with Gasteiger partial charge in [-0.3, -0.25) is 4.90 Å². The number of hydrogen-bond acceptors (Lipinski definition) is 1. The molecule has 2 aliphatic heterocycles. The Labute approximate surface area is 97.8 Å². The molecule has 1 aromatic carbocycles. The van der Waals surface area contributed by atoms with E-state index >= 15 is 0 Å². The smallest absolute Gasteiger partial charge is 0.0161 e. The number of fused-ring (bicyclic) bond motifs is 3. The molecule has 0 aromatic heterocycles. The molecule has 16 heavy (non-hydrogen) atoms. The van der Waals surface area contributed by atoms with E-state index in [9.17, 15) is 0 Å². The summed E-state index contributed by atoms with van der Waals surface area (Å²) in [6, 6.07) is 9.06. The van der Waals surface area contributed by atoms with Crippen molar-refractivity contribution in [3.63, 3.8) is 0 Å². The van der Waals surface area contributed by atoms with Gasteiger partial charge in [0.05, 0.1) is 0 Å². The lowest BCUT2D eigenvalue weighted by molar-refractivity contribution is 0.300. The van der Waals surface area contributed by atoms with E-state index < -0.39 is 0 Å². The predicted octanol–water partition coefficient (Wildman–Crippen LogP) is 3.15. The Balaban J connectivity index is 1.96. The van der Waals surface area contributed by atoms with Gasteiger partial charge in [-0.2, -0.15) is 0 Å². The first-order valence-corrected chi connectivity index (χ1v) is 6.30. The zero-order valence-corrected chi connectivity index (χ0v) is 9.73. The van der Waals surface area contributed by atoms with Gasteiger partial charge in [-0.25, -0.2) is 0 Å². The number of hydrogen-bond donors (Lipinski definition) is 0. The van der Waals surface area contributed by atoms with Crippen molar-refractivity contribution in [3.05, 3.63) is 48.0 Å². The fourth-order valence-corrected chi connectivity index (χ4v) is 3.38. The van der Waals surface area contributed by atoms with E-state index in [-0.39, 0.29) is 0 Å². The van der Waals surface area contributed by atoms with Gasteiger partial charge in [0.2, 0.25) is 0 Å². The molecule has 1 heteroatoms. The lowest BCUT2D eigenvalue weighted by Crippen LogP contribution is -2.27. The Bertz CT molecular complexity index is 363. The molecule has 0 spiro atoms. The van der Waals surface area contributed by atoms with Crippen LogP contribution in [0.1, 0.15) is 35.8 Å². The Kier molecular flexibility index (Phi) is 2.56. The van der Waals surface area contributed by atoms with Gasteiger partial charge < -0.3 is 0 Å². The molecule has 2 atom stereocenters. The number of nitrogens with zero attached hydrogens (tertiary/aromatic N) is 1. The fraction of sp³-hybridized carbons (Fsp3) is 0.467. The predicted molar refractivity (Wildman–Crippen MR) is 67.8 cm³/mol. The van der Waals surface area contributed by atoms with Gasteiger partial charge in [-0.05, 0) is 35.8 Å². The molecule has 2 unspecified atom stereocenters. The van der Waals surface area contributed by atoms with Crippen molar-refractivity contribution in [2.45, 2.75) is 24.7 Å². The Hall–Kier alpha value is -1.08. The van der Waals surface area contributed by atoms with Crippen LogP contribution in [-0.4, -0.2) is 24.5 Å². The minimum Gasteiger partial charge on any atom is -0.298 e. The Morgan fingerprint density at radius 2 is 1.69 bits per heavy atom. The molecule has 1 fully saturated rings. The highest BCUT2D eigenvalue weighted by atomic mass is 15.1. The second-order valence-electron chi connectivity index (χ2n) is 5.11. The summed E-state index contributed by atoms with van der Waals surface area (Å²) in [6.07, 6.45) is 4.78. The zero-order chi connectivity index (χ0) is 11.0. The van der Waals surface area contributed by atoms with Crippen molar-refractivity contribution in [2.75, 3.05) is 19.6 Å². The van der Waals surface area contributed by atoms with Gasteiger partial charge >= 0.3 is 0 Å². The number of rotatable bonds is 2. The third-order valence-corrected chi connectivity index (χ3v) is 4.08. The van der Waals surface area contributed by atoms with E-state index in [1.165, 1.54) is 25.9 Å². The summed E-state index contributed by atoms with van der Waals surface area (Å²) in [7, 11) is 0. The first-order valence-electron chi connectivity index (χ1n) is 6.30. The summed E-state index contributed by atoms with van der Waals surface area (Å²) in [5.41, 5.74) is 3.23. The lowest BCUT2D eigenvalue weighted by Gasteiger charge is -2.26. The Morgan fingerprint density at radius 1 is 1.12 bits per heavy atom. The van der Waals surface area contributed by atoms with E-state index in [0.29, 0.717) is 0 Å². The summed E-state index contributed by atoms with van der Waals surface area (Å²) in [6.45, 7) is 7.35. The second-order valence-corrected chi connectivity index (χ2v) is 5.11. The molecule has 4 rings (SSSR count). The van der Waals surface area contributed by atoms with Crippen LogP contribution in [0.25, 0.3) is 0 Å². The van der Waals surface area contributed by atoms with Crippen molar-refractivity contribution in [2.24, 2.45) is 0 Å². The first-order chi connectivity index (χ1) is 7.88. The van der Waals surface area contributed by atoms with Gasteiger partial charge in [0.15, 0.2) is 0 Å². The maximum absolute atomic E-state index is 3.86. The van der Waals surface area contributed by atoms with Crippen LogP contribution < -0.4 is 0 Å². The molecule has 1 saturated heterocycles. The Morgan fingerprint density at radius 3 is 2.19 bits per heavy atom. The standard InChI is InChI=1S/C15H19N/c1-2-9-16-10-12-7-8-13(11-16)15-6-4-3-5-14(12)15/h2-6,12-13H,1,7-11H2. The summed E-state index contributed by atoms with van der Waals surface area (Å²) < 4.78 is 0. The normalized spacial score (nSPS) is 28.5. The van der Waals surface area contributed by atoms with Crippen LogP contribution in [0.2, 0.25) is 0 Å². The van der Waals surface area contributed by atoms with Crippen molar-refractivity contribution >= 4 is 0 Å². The molecule has 2 bridgehead atoms. The van der Waals surface area contributed by atoms with Crippen molar-refractivity contribution in [1.82, 2.24) is 4.90 Å². The van der Waals surface area contributed by atoms with Crippen LogP contribution in [0.3, 0.4) is 0 Å². The van der Waals surface area contributed by atoms with E-state index in [0.717, 1.165) is 18.4 Å². The molecule has 0 amide bonds. The van der Waals surface area contributed by atoms with Gasteiger partial charge in [-0.15, -0.1) is 6.58 Å². The highest BCUT2D eigenvalue weighted by Crippen LogP contribution is 2.42. The van der Waals surface area contributed by atoms with Crippen LogP contribution in [-0.2, 0) is 0 Å².